The van der Waals surface area contributed by atoms with E-state index in [0.717, 1.165) is 22.7 Å². The zero-order chi connectivity index (χ0) is 9.38. The number of hydrogen-bond donors (Lipinski definition) is 1. The Morgan fingerprint density at radius 3 is 3.00 bits per heavy atom. The predicted molar refractivity (Wildman–Crippen MR) is 53.9 cm³/mol. The lowest BCUT2D eigenvalue weighted by molar-refractivity contribution is 0.401. The van der Waals surface area contributed by atoms with Gasteiger partial charge in [-0.3, -0.25) is 4.98 Å². The van der Waals surface area contributed by atoms with Gasteiger partial charge in [-0.15, -0.1) is 0 Å². The second kappa shape index (κ2) is 2.73. The Labute approximate surface area is 81.3 Å². The molecule has 0 atom stereocenters. The molecule has 3 nitrogen and oxygen atoms in total. The summed E-state index contributed by atoms with van der Waals surface area (Å²) in [5, 5.41) is 0. The smallest absolute Gasteiger partial charge is 0.164 e. The minimum Gasteiger partial charge on any atom is -0.381 e. The fourth-order valence-electron chi connectivity index (χ4n) is 1.56. The van der Waals surface area contributed by atoms with Crippen molar-refractivity contribution in [2.75, 3.05) is 5.48 Å². The van der Waals surface area contributed by atoms with Crippen LogP contribution in [-0.4, -0.2) is 4.98 Å². The first kappa shape index (κ1) is 7.38. The lowest BCUT2D eigenvalue weighted by atomic mass is 10.1. The maximum atomic E-state index is 5.36. The van der Waals surface area contributed by atoms with E-state index in [2.05, 4.69) is 10.5 Å². The topological polar surface area (TPSA) is 34.2 Å². The minimum absolute atomic E-state index is 0.818. The van der Waals surface area contributed by atoms with Crippen molar-refractivity contribution in [1.29, 1.82) is 0 Å². The third-order valence-electron chi connectivity index (χ3n) is 2.22. The lowest BCUT2D eigenvalue weighted by Crippen LogP contribution is -2.11. The van der Waals surface area contributed by atoms with Crippen LogP contribution in [0.15, 0.2) is 42.6 Å². The van der Waals surface area contributed by atoms with Crippen LogP contribution in [0.1, 0.15) is 0 Å². The van der Waals surface area contributed by atoms with Gasteiger partial charge in [0.1, 0.15) is 5.69 Å². The summed E-state index contributed by atoms with van der Waals surface area (Å²) in [4.78, 5) is 9.68. The van der Waals surface area contributed by atoms with Crippen LogP contribution in [-0.2, 0) is 0 Å². The molecule has 0 aliphatic carbocycles. The van der Waals surface area contributed by atoms with Gasteiger partial charge in [0, 0.05) is 11.8 Å². The standard InChI is InChI=1S/C11H8N2O/c1-2-6-10-8(4-1)11-9(13-14-10)5-3-7-12-11/h1-7,13H. The lowest BCUT2D eigenvalue weighted by Gasteiger charge is -2.19. The Balaban J connectivity index is 2.29. The zero-order valence-corrected chi connectivity index (χ0v) is 7.40. The van der Waals surface area contributed by atoms with Crippen molar-refractivity contribution in [3.05, 3.63) is 42.6 Å². The number of nitrogens with one attached hydrogen (secondary N) is 1. The molecule has 1 aromatic carbocycles. The largest absolute Gasteiger partial charge is 0.381 e. The zero-order valence-electron chi connectivity index (χ0n) is 7.40. The molecule has 0 fully saturated rings. The van der Waals surface area contributed by atoms with Crippen molar-refractivity contribution < 1.29 is 4.84 Å². The molecule has 3 heteroatoms. The highest BCUT2D eigenvalue weighted by Crippen LogP contribution is 2.36. The molecule has 0 saturated heterocycles. The molecule has 0 bridgehead atoms. The number of nitrogens with zero attached hydrogens (tertiary/aromatic N) is 1. The molecule has 0 spiro atoms. The van der Waals surface area contributed by atoms with Crippen LogP contribution in [0.3, 0.4) is 0 Å². The number of pyridine rings is 1. The Morgan fingerprint density at radius 1 is 1.07 bits per heavy atom. The highest BCUT2D eigenvalue weighted by molar-refractivity contribution is 5.80. The Kier molecular flexibility index (Phi) is 1.44. The molecule has 2 heterocycles. The maximum Gasteiger partial charge on any atom is 0.164 e. The summed E-state index contributed by atoms with van der Waals surface area (Å²) in [6.45, 7) is 0. The molecule has 0 saturated carbocycles. The third kappa shape index (κ3) is 0.956. The van der Waals surface area contributed by atoms with E-state index in [-0.39, 0.29) is 0 Å². The van der Waals surface area contributed by atoms with Crippen LogP contribution in [0, 0.1) is 0 Å². The van der Waals surface area contributed by atoms with Crippen molar-refractivity contribution in [2.24, 2.45) is 0 Å². The van der Waals surface area contributed by atoms with E-state index in [0.29, 0.717) is 0 Å². The van der Waals surface area contributed by atoms with E-state index >= 15 is 0 Å². The van der Waals surface area contributed by atoms with Gasteiger partial charge in [0.2, 0.25) is 0 Å². The van der Waals surface area contributed by atoms with Crippen molar-refractivity contribution >= 4 is 5.69 Å². The van der Waals surface area contributed by atoms with Gasteiger partial charge in [-0.2, -0.15) is 0 Å². The summed E-state index contributed by atoms with van der Waals surface area (Å²) in [5.74, 6) is 0.818. The monoisotopic (exact) mass is 184 g/mol. The van der Waals surface area contributed by atoms with E-state index in [1.54, 1.807) is 6.20 Å². The number of benzene rings is 1. The molecule has 0 unspecified atom stereocenters. The van der Waals surface area contributed by atoms with Gasteiger partial charge >= 0.3 is 0 Å². The summed E-state index contributed by atoms with van der Waals surface area (Å²) in [5.41, 5.74) is 5.73. The van der Waals surface area contributed by atoms with E-state index in [9.17, 15) is 0 Å². The Hall–Kier alpha value is -2.03. The van der Waals surface area contributed by atoms with Crippen molar-refractivity contribution in [3.8, 4) is 17.0 Å². The van der Waals surface area contributed by atoms with Gasteiger partial charge in [-0.05, 0) is 24.3 Å². The maximum absolute atomic E-state index is 5.36. The molecule has 68 valence electrons. The van der Waals surface area contributed by atoms with Crippen molar-refractivity contribution in [3.63, 3.8) is 0 Å². The van der Waals surface area contributed by atoms with Gasteiger partial charge in [0.05, 0.1) is 5.69 Å². The van der Waals surface area contributed by atoms with Crippen LogP contribution in [0.4, 0.5) is 5.69 Å². The van der Waals surface area contributed by atoms with Gasteiger partial charge in [0.15, 0.2) is 5.75 Å². The average molecular weight is 184 g/mol. The third-order valence-corrected chi connectivity index (χ3v) is 2.22. The number of para-hydroxylation sites is 1. The van der Waals surface area contributed by atoms with E-state index in [1.807, 2.05) is 36.4 Å². The quantitative estimate of drug-likeness (QED) is 0.682. The van der Waals surface area contributed by atoms with E-state index in [4.69, 9.17) is 4.84 Å². The normalized spacial score (nSPS) is 12.0. The molecule has 2 aromatic rings. The molecule has 0 amide bonds. The first-order valence-electron chi connectivity index (χ1n) is 4.42. The van der Waals surface area contributed by atoms with Crippen LogP contribution < -0.4 is 10.3 Å². The van der Waals surface area contributed by atoms with Crippen LogP contribution in [0.25, 0.3) is 11.3 Å². The Morgan fingerprint density at radius 2 is 2.00 bits per heavy atom. The predicted octanol–water partition coefficient (Wildman–Crippen LogP) is 2.47. The highest BCUT2D eigenvalue weighted by atomic mass is 16.6. The first-order chi connectivity index (χ1) is 6.95. The molecular weight excluding hydrogens is 176 g/mol. The van der Waals surface area contributed by atoms with Gasteiger partial charge < -0.3 is 4.84 Å². The molecule has 1 aliphatic rings. The highest BCUT2D eigenvalue weighted by Gasteiger charge is 2.16. The van der Waals surface area contributed by atoms with Crippen molar-refractivity contribution in [1.82, 2.24) is 4.98 Å². The summed E-state index contributed by atoms with van der Waals surface area (Å²) < 4.78 is 0. The van der Waals surface area contributed by atoms with Crippen LogP contribution in [0.2, 0.25) is 0 Å². The van der Waals surface area contributed by atoms with Gasteiger partial charge in [-0.25, -0.2) is 5.48 Å². The molecule has 3 rings (SSSR count). The van der Waals surface area contributed by atoms with Crippen molar-refractivity contribution in [2.45, 2.75) is 0 Å². The summed E-state index contributed by atoms with van der Waals surface area (Å²) >= 11 is 0. The molecule has 1 aliphatic heterocycles. The second-order valence-corrected chi connectivity index (χ2v) is 3.10. The summed E-state index contributed by atoms with van der Waals surface area (Å²) in [7, 11) is 0. The molecule has 14 heavy (non-hydrogen) atoms. The molecule has 0 radical (unpaired) electrons. The molecule has 1 N–H and O–H groups in total. The Bertz CT molecular complexity index is 437. The van der Waals surface area contributed by atoms with E-state index in [1.165, 1.54) is 0 Å². The fraction of sp³-hybridized carbons (Fsp3) is 0. The molecule has 1 aromatic heterocycles. The fourth-order valence-corrected chi connectivity index (χ4v) is 1.56. The van der Waals surface area contributed by atoms with Crippen LogP contribution in [0.5, 0.6) is 5.75 Å². The summed E-state index contributed by atoms with van der Waals surface area (Å²) in [6, 6.07) is 11.7. The average Bonchev–Trinajstić information content (AvgIpc) is 2.29. The molecular formula is C11H8N2O. The number of aromatic nitrogens is 1. The first-order valence-corrected chi connectivity index (χ1v) is 4.42. The number of fused-ring (bicyclic) bond motifs is 3. The number of anilines is 1. The van der Waals surface area contributed by atoms with E-state index < -0.39 is 0 Å². The second-order valence-electron chi connectivity index (χ2n) is 3.10. The minimum atomic E-state index is 0.818. The SMILES string of the molecule is c1cnc2c(c1)NOc1ccccc1-2. The number of hydrogen-bond acceptors (Lipinski definition) is 3. The van der Waals surface area contributed by atoms with Crippen LogP contribution >= 0.6 is 0 Å². The number of rotatable bonds is 0. The van der Waals surface area contributed by atoms with Gasteiger partial charge in [0.25, 0.3) is 0 Å². The summed E-state index contributed by atoms with van der Waals surface area (Å²) in [6.07, 6.45) is 1.78. The van der Waals surface area contributed by atoms with Gasteiger partial charge in [-0.1, -0.05) is 12.1 Å².